The number of pyridine rings is 1. The summed E-state index contributed by atoms with van der Waals surface area (Å²) < 4.78 is 5.62. The number of imide groups is 1. The lowest BCUT2D eigenvalue weighted by Gasteiger charge is -2.28. The van der Waals surface area contributed by atoms with Crippen LogP contribution in [0.3, 0.4) is 0 Å². The van der Waals surface area contributed by atoms with Crippen LogP contribution in [0.1, 0.15) is 34.1 Å². The smallest absolute Gasteiger partial charge is 0.339 e. The van der Waals surface area contributed by atoms with Gasteiger partial charge in [-0.1, -0.05) is 67.2 Å². The van der Waals surface area contributed by atoms with Gasteiger partial charge < -0.3 is 4.74 Å². The molecule has 1 saturated heterocycles. The number of carbonyl (C=O) groups excluding carboxylic acids is 4. The summed E-state index contributed by atoms with van der Waals surface area (Å²) in [5, 5.41) is 1.38. The van der Waals surface area contributed by atoms with E-state index < -0.39 is 12.1 Å². The quantitative estimate of drug-likeness (QED) is 0.0857. The molecule has 4 aromatic rings. The zero-order valence-corrected chi connectivity index (χ0v) is 28.3. The maximum atomic E-state index is 13.5. The number of aromatic nitrogens is 1. The average molecular weight is 771 g/mol. The second-order valence-corrected chi connectivity index (χ2v) is 14.7. The Morgan fingerprint density at radius 2 is 1.47 bits per heavy atom. The highest BCUT2D eigenvalue weighted by Crippen LogP contribution is 2.60. The van der Waals surface area contributed by atoms with E-state index in [1.807, 2.05) is 0 Å². The molecule has 2 heterocycles. The fourth-order valence-corrected chi connectivity index (χ4v) is 9.20. The second kappa shape index (κ2) is 11.6. The number of hydrogen-bond donors (Lipinski definition) is 0. The molecule has 7 nitrogen and oxygen atoms in total. The van der Waals surface area contributed by atoms with E-state index in [1.165, 1.54) is 11.8 Å². The summed E-state index contributed by atoms with van der Waals surface area (Å²) in [6.45, 7) is 1.52. The molecule has 7 unspecified atom stereocenters. The average Bonchev–Trinajstić information content (AvgIpc) is 3.65. The number of Topliss-reactive ketones (excluding diaryl/α,β-unsaturated/α-hetero) is 1. The number of rotatable bonds is 6. The molecule has 1 aliphatic heterocycles. The van der Waals surface area contributed by atoms with E-state index in [0.29, 0.717) is 43.5 Å². The predicted molar refractivity (Wildman–Crippen MR) is 179 cm³/mol. The van der Waals surface area contributed by atoms with Crippen LogP contribution < -0.4 is 4.90 Å². The van der Waals surface area contributed by atoms with Crippen LogP contribution >= 0.6 is 55.1 Å². The van der Waals surface area contributed by atoms with E-state index in [2.05, 4.69) is 31.9 Å². The van der Waals surface area contributed by atoms with E-state index in [1.54, 1.807) is 72.8 Å². The molecule has 3 aromatic carbocycles. The number of amides is 2. The fraction of sp³-hybridized carbons (Fsp3) is 0.265. The van der Waals surface area contributed by atoms with Gasteiger partial charge in [0.15, 0.2) is 6.10 Å². The Bertz CT molecular complexity index is 1870. The Morgan fingerprint density at radius 1 is 0.867 bits per heavy atom. The van der Waals surface area contributed by atoms with Gasteiger partial charge in [0.05, 0.1) is 34.3 Å². The highest BCUT2D eigenvalue weighted by Gasteiger charge is 2.66. The van der Waals surface area contributed by atoms with Gasteiger partial charge in [-0.25, -0.2) is 9.78 Å². The summed E-state index contributed by atoms with van der Waals surface area (Å²) in [5.74, 6) is -1.74. The van der Waals surface area contributed by atoms with Crippen molar-refractivity contribution < 1.29 is 23.9 Å². The Hall–Kier alpha value is -3.11. The number of anilines is 1. The van der Waals surface area contributed by atoms with E-state index in [4.69, 9.17) is 32.9 Å². The molecule has 7 rings (SSSR count). The van der Waals surface area contributed by atoms with Crippen molar-refractivity contribution in [2.75, 3.05) is 4.90 Å². The first-order valence-electron chi connectivity index (χ1n) is 14.4. The Labute approximate surface area is 285 Å². The molecular formula is C34H24Br2Cl2N2O5. The molecule has 228 valence electrons. The predicted octanol–water partition coefficient (Wildman–Crippen LogP) is 7.92. The number of esters is 1. The van der Waals surface area contributed by atoms with Crippen molar-refractivity contribution in [3.8, 4) is 11.3 Å². The maximum absolute atomic E-state index is 13.5. The summed E-state index contributed by atoms with van der Waals surface area (Å²) in [5.41, 5.74) is 2.70. The molecule has 2 saturated carbocycles. The number of nitrogens with zero attached hydrogens (tertiary/aromatic N) is 2. The lowest BCUT2D eigenvalue weighted by atomic mass is 9.81. The van der Waals surface area contributed by atoms with Crippen molar-refractivity contribution in [2.24, 2.45) is 23.7 Å². The molecule has 45 heavy (non-hydrogen) atoms. The number of ketones is 1. The summed E-state index contributed by atoms with van der Waals surface area (Å²) in [6, 6.07) is 19.9. The second-order valence-electron chi connectivity index (χ2n) is 11.7. The SMILES string of the molecule is CC(OC(=O)c1cc(-c2ccc(N3C(=O)C4C5CC(C(Br)C5Br)C4C3=O)cc2)nc2ccc(Cl)cc12)C(=O)c1ccc(Cl)cc1. The van der Waals surface area contributed by atoms with Gasteiger partial charge in [0.1, 0.15) is 0 Å². The normalized spacial score (nSPS) is 25.9. The lowest BCUT2D eigenvalue weighted by Crippen LogP contribution is -2.37. The van der Waals surface area contributed by atoms with Gasteiger partial charge in [0, 0.05) is 36.2 Å². The van der Waals surface area contributed by atoms with E-state index in [0.717, 1.165) is 6.42 Å². The van der Waals surface area contributed by atoms with Crippen molar-refractivity contribution >= 4 is 95.2 Å². The molecule has 2 bridgehead atoms. The molecule has 2 aliphatic carbocycles. The highest BCUT2D eigenvalue weighted by atomic mass is 79.9. The van der Waals surface area contributed by atoms with Crippen LogP contribution in [0.4, 0.5) is 5.69 Å². The third kappa shape index (κ3) is 5.12. The number of fused-ring (bicyclic) bond motifs is 6. The van der Waals surface area contributed by atoms with Crippen molar-refractivity contribution in [1.29, 1.82) is 0 Å². The van der Waals surface area contributed by atoms with Crippen LogP contribution in [-0.4, -0.2) is 44.3 Å². The Kier molecular flexibility index (Phi) is 7.87. The first kappa shape index (κ1) is 30.5. The number of carbonyl (C=O) groups is 4. The number of hydrogen-bond acceptors (Lipinski definition) is 6. The molecule has 0 spiro atoms. The number of ether oxygens (including phenoxy) is 1. The largest absolute Gasteiger partial charge is 0.451 e. The van der Waals surface area contributed by atoms with Crippen LogP contribution in [0, 0.1) is 23.7 Å². The maximum Gasteiger partial charge on any atom is 0.339 e. The number of benzene rings is 3. The van der Waals surface area contributed by atoms with E-state index >= 15 is 0 Å². The van der Waals surface area contributed by atoms with E-state index in [9.17, 15) is 19.2 Å². The molecule has 0 radical (unpaired) electrons. The fourth-order valence-electron chi connectivity index (χ4n) is 7.03. The molecular weight excluding hydrogens is 747 g/mol. The Balaban J connectivity index is 1.17. The zero-order valence-electron chi connectivity index (χ0n) is 23.6. The van der Waals surface area contributed by atoms with Crippen LogP contribution in [-0.2, 0) is 14.3 Å². The van der Waals surface area contributed by atoms with Gasteiger partial charge >= 0.3 is 5.97 Å². The minimum atomic E-state index is -1.06. The van der Waals surface area contributed by atoms with Crippen molar-refractivity contribution in [2.45, 2.75) is 29.1 Å². The van der Waals surface area contributed by atoms with Gasteiger partial charge in [-0.15, -0.1) is 0 Å². The minimum Gasteiger partial charge on any atom is -0.451 e. The standard InChI is InChI=1S/C34H24Br2Cl2N2O5/c1-15(31(41)17-2-6-18(37)7-3-17)45-34(44)22-14-26(39-25-11-8-19(38)12-21(22)25)16-4-9-20(10-5-16)40-32(42)27-23-13-24(28(27)33(40)43)30(36)29(23)35/h2-12,14-15,23-24,27-30H,13H2,1H3. The minimum absolute atomic E-state index is 0.128. The van der Waals surface area contributed by atoms with Gasteiger partial charge in [-0.2, -0.15) is 0 Å². The molecule has 3 aliphatic rings. The summed E-state index contributed by atoms with van der Waals surface area (Å²) in [4.78, 5) is 59.8. The summed E-state index contributed by atoms with van der Waals surface area (Å²) in [6.07, 6.45) is -0.197. The van der Waals surface area contributed by atoms with Crippen LogP contribution in [0.2, 0.25) is 10.0 Å². The molecule has 3 fully saturated rings. The van der Waals surface area contributed by atoms with Gasteiger partial charge in [-0.3, -0.25) is 19.3 Å². The highest BCUT2D eigenvalue weighted by molar-refractivity contribution is 9.12. The first-order chi connectivity index (χ1) is 21.5. The zero-order chi connectivity index (χ0) is 31.7. The number of halogens is 4. The monoisotopic (exact) mass is 768 g/mol. The lowest BCUT2D eigenvalue weighted by molar-refractivity contribution is -0.123. The summed E-state index contributed by atoms with van der Waals surface area (Å²) >= 11 is 19.7. The van der Waals surface area contributed by atoms with Crippen LogP contribution in [0.5, 0.6) is 0 Å². The third-order valence-electron chi connectivity index (χ3n) is 9.18. The summed E-state index contributed by atoms with van der Waals surface area (Å²) in [7, 11) is 0. The number of alkyl halides is 2. The topological polar surface area (TPSA) is 93.6 Å². The van der Waals surface area contributed by atoms with Gasteiger partial charge in [0.25, 0.3) is 0 Å². The molecule has 11 heteroatoms. The van der Waals surface area contributed by atoms with E-state index in [-0.39, 0.29) is 56.5 Å². The first-order valence-corrected chi connectivity index (χ1v) is 17.0. The molecule has 1 aromatic heterocycles. The Morgan fingerprint density at radius 3 is 2.09 bits per heavy atom. The molecule has 7 atom stereocenters. The molecule has 2 amide bonds. The van der Waals surface area contributed by atoms with Gasteiger partial charge in [0.2, 0.25) is 17.6 Å². The van der Waals surface area contributed by atoms with Crippen LogP contribution in [0.25, 0.3) is 22.2 Å². The van der Waals surface area contributed by atoms with Crippen molar-refractivity contribution in [3.05, 3.63) is 94.0 Å². The van der Waals surface area contributed by atoms with Crippen LogP contribution in [0.15, 0.2) is 72.8 Å². The van der Waals surface area contributed by atoms with Crippen molar-refractivity contribution in [3.63, 3.8) is 0 Å². The van der Waals surface area contributed by atoms with Gasteiger partial charge in [-0.05, 0) is 85.8 Å². The van der Waals surface area contributed by atoms with Crippen molar-refractivity contribution in [1.82, 2.24) is 4.98 Å². The third-order valence-corrected chi connectivity index (χ3v) is 12.9. The molecule has 0 N–H and O–H groups in total.